The number of hydrogen-bond acceptors (Lipinski definition) is 4. The Kier molecular flexibility index (Phi) is 31.8. The summed E-state index contributed by atoms with van der Waals surface area (Å²) in [5, 5.41) is 9.80. The van der Waals surface area contributed by atoms with Crippen LogP contribution in [0.4, 0.5) is 0 Å². The first-order chi connectivity index (χ1) is 12.0. The summed E-state index contributed by atoms with van der Waals surface area (Å²) >= 11 is 0. The maximum atomic E-state index is 10.3. The summed E-state index contributed by atoms with van der Waals surface area (Å²) in [5.74, 6) is 0. The Morgan fingerprint density at radius 2 is 1.12 bits per heavy atom. The van der Waals surface area contributed by atoms with E-state index in [1.165, 1.54) is 57.8 Å². The summed E-state index contributed by atoms with van der Waals surface area (Å²) in [6, 6.07) is 0. The minimum Gasteiger partial charge on any atom is -0.854 e. The molecule has 8 heteroatoms. The van der Waals surface area contributed by atoms with Gasteiger partial charge in [-0.15, -0.1) is 11.3 Å². The van der Waals surface area contributed by atoms with E-state index in [0.29, 0.717) is 0 Å². The molecule has 0 bridgehead atoms. The Balaban J connectivity index is -0.000000561. The van der Waals surface area contributed by atoms with Crippen molar-refractivity contribution in [2.75, 3.05) is 13.2 Å². The Hall–Kier alpha value is 1.03. The van der Waals surface area contributed by atoms with Gasteiger partial charge in [-0.3, -0.25) is 0 Å². The third-order valence-corrected chi connectivity index (χ3v) is 4.03. The van der Waals surface area contributed by atoms with E-state index in [4.69, 9.17) is 9.79 Å². The first-order valence-electron chi connectivity index (χ1n) is 9.92. The van der Waals surface area contributed by atoms with Crippen LogP contribution in [0.3, 0.4) is 0 Å². The second kappa shape index (κ2) is 26.0. The number of rotatable bonds is 17. The zero-order valence-corrected chi connectivity index (χ0v) is 20.2. The van der Waals surface area contributed by atoms with Crippen molar-refractivity contribution in [1.82, 2.24) is 0 Å². The predicted octanol–water partition coefficient (Wildman–Crippen LogP) is 1.88. The summed E-state index contributed by atoms with van der Waals surface area (Å²) in [7, 11) is -4.47. The van der Waals surface area contributed by atoms with Gasteiger partial charge in [0.05, 0.1) is 6.61 Å². The molecule has 0 aromatic heterocycles. The van der Waals surface area contributed by atoms with E-state index in [-0.39, 0.29) is 42.8 Å². The molecular formula is C18H40NaO6P. The number of phosphoric acid groups is 1. The molecule has 26 heavy (non-hydrogen) atoms. The van der Waals surface area contributed by atoms with Gasteiger partial charge < -0.3 is 14.9 Å². The van der Waals surface area contributed by atoms with Crippen LogP contribution in [0.1, 0.15) is 104 Å². The largest absolute Gasteiger partial charge is 1.00 e. The Morgan fingerprint density at radius 3 is 1.50 bits per heavy atom. The van der Waals surface area contributed by atoms with Gasteiger partial charge in [0.2, 0.25) is 0 Å². The fraction of sp³-hybridized carbons (Fsp3) is 1.00. The van der Waals surface area contributed by atoms with Crippen LogP contribution in [0.25, 0.3) is 0 Å². The van der Waals surface area contributed by atoms with Crippen LogP contribution in [0.2, 0.25) is 0 Å². The third kappa shape index (κ3) is 36.0. The average molecular weight is 406 g/mol. The summed E-state index contributed by atoms with van der Waals surface area (Å²) in [6.45, 7) is 4.71. The molecule has 2 N–H and O–H groups in total. The monoisotopic (exact) mass is 406 g/mol. The Bertz CT molecular complexity index is 285. The van der Waals surface area contributed by atoms with Crippen molar-refractivity contribution < 1.29 is 58.6 Å². The Labute approximate surface area is 182 Å². The van der Waals surface area contributed by atoms with E-state index >= 15 is 0 Å². The third-order valence-electron chi connectivity index (χ3n) is 3.73. The maximum Gasteiger partial charge on any atom is 1.00 e. The van der Waals surface area contributed by atoms with E-state index in [1.54, 1.807) is 0 Å². The van der Waals surface area contributed by atoms with Gasteiger partial charge in [-0.05, 0) is 6.42 Å². The molecule has 6 nitrogen and oxygen atoms in total. The summed E-state index contributed by atoms with van der Waals surface area (Å²) in [6.07, 6.45) is 16.5. The first kappa shape index (κ1) is 31.7. The molecule has 0 radical (unpaired) electrons. The quantitative estimate of drug-likeness (QED) is 0.126. The standard InChI is InChI=1S/C12H27O5P.C6H13O.Na/c1-2-3-4-5-6-7-8-9-10-11-12-16-17-18(13,14)15;1-2-3-4-5-6-7;/h2-12H2,1H3,(H2,13,14,15);2-6H2,1H3;/q;-1;+1. The molecule has 0 aliphatic heterocycles. The predicted molar refractivity (Wildman–Crippen MR) is 99.9 cm³/mol. The second-order valence-corrected chi connectivity index (χ2v) is 7.46. The van der Waals surface area contributed by atoms with Gasteiger partial charge in [0.1, 0.15) is 0 Å². The van der Waals surface area contributed by atoms with Crippen molar-refractivity contribution in [3.8, 4) is 0 Å². The smallest absolute Gasteiger partial charge is 0.854 e. The van der Waals surface area contributed by atoms with Crippen LogP contribution < -0.4 is 34.7 Å². The minimum atomic E-state index is -4.47. The fourth-order valence-corrected chi connectivity index (χ4v) is 2.50. The van der Waals surface area contributed by atoms with Gasteiger partial charge in [-0.2, -0.15) is 0 Å². The summed E-state index contributed by atoms with van der Waals surface area (Å²) < 4.78 is 14.1. The van der Waals surface area contributed by atoms with Crippen LogP contribution in [0.5, 0.6) is 0 Å². The van der Waals surface area contributed by atoms with Crippen LogP contribution in [0.15, 0.2) is 0 Å². The van der Waals surface area contributed by atoms with Crippen LogP contribution in [-0.2, 0) is 14.1 Å². The topological polar surface area (TPSA) is 99.1 Å². The van der Waals surface area contributed by atoms with Gasteiger partial charge in [0.25, 0.3) is 0 Å². The van der Waals surface area contributed by atoms with Gasteiger partial charge in [-0.1, -0.05) is 97.3 Å². The van der Waals surface area contributed by atoms with E-state index in [2.05, 4.69) is 23.4 Å². The Morgan fingerprint density at radius 1 is 0.731 bits per heavy atom. The van der Waals surface area contributed by atoms with Gasteiger partial charge in [0.15, 0.2) is 0 Å². The van der Waals surface area contributed by atoms with Crippen LogP contribution in [0, 0.1) is 0 Å². The van der Waals surface area contributed by atoms with Gasteiger partial charge >= 0.3 is 37.4 Å². The zero-order valence-electron chi connectivity index (χ0n) is 17.3. The van der Waals surface area contributed by atoms with Crippen molar-refractivity contribution >= 4 is 7.82 Å². The van der Waals surface area contributed by atoms with Crippen molar-refractivity contribution in [3.63, 3.8) is 0 Å². The molecule has 0 saturated heterocycles. The van der Waals surface area contributed by atoms with Crippen molar-refractivity contribution in [1.29, 1.82) is 0 Å². The SMILES string of the molecule is CCCCCCCCCCCCOOP(=O)(O)O.CCCCCC[O-].[Na+]. The van der Waals surface area contributed by atoms with Crippen LogP contribution >= 0.6 is 7.82 Å². The first-order valence-corrected chi connectivity index (χ1v) is 11.5. The molecule has 0 atom stereocenters. The van der Waals surface area contributed by atoms with E-state index in [9.17, 15) is 9.67 Å². The van der Waals surface area contributed by atoms with Crippen LogP contribution in [-0.4, -0.2) is 23.0 Å². The second-order valence-electron chi connectivity index (χ2n) is 6.33. The molecule has 0 amide bonds. The molecule has 0 aromatic carbocycles. The van der Waals surface area contributed by atoms with Crippen molar-refractivity contribution in [2.45, 2.75) is 104 Å². The number of hydrogen-bond donors (Lipinski definition) is 2. The average Bonchev–Trinajstić information content (AvgIpc) is 2.56. The zero-order chi connectivity index (χ0) is 19.2. The molecule has 0 heterocycles. The molecule has 0 aromatic rings. The molecule has 0 unspecified atom stereocenters. The van der Waals surface area contributed by atoms with E-state index in [0.717, 1.165) is 32.1 Å². The van der Waals surface area contributed by atoms with Gasteiger partial charge in [-0.25, -0.2) is 9.45 Å². The molecule has 0 saturated carbocycles. The molecule has 0 aliphatic rings. The van der Waals surface area contributed by atoms with E-state index in [1.807, 2.05) is 0 Å². The molecular weight excluding hydrogens is 366 g/mol. The van der Waals surface area contributed by atoms with Crippen molar-refractivity contribution in [2.24, 2.45) is 0 Å². The van der Waals surface area contributed by atoms with E-state index < -0.39 is 7.82 Å². The van der Waals surface area contributed by atoms with Crippen molar-refractivity contribution in [3.05, 3.63) is 0 Å². The molecule has 0 aliphatic carbocycles. The minimum absolute atomic E-state index is 0. The maximum absolute atomic E-state index is 10.3. The van der Waals surface area contributed by atoms with Gasteiger partial charge in [0, 0.05) is 0 Å². The molecule has 0 spiro atoms. The molecule has 154 valence electrons. The molecule has 0 fully saturated rings. The summed E-state index contributed by atoms with van der Waals surface area (Å²) in [4.78, 5) is 21.1. The summed E-state index contributed by atoms with van der Waals surface area (Å²) in [5.41, 5.74) is 0. The molecule has 0 rings (SSSR count). The normalized spacial score (nSPS) is 10.8. The fourth-order valence-electron chi connectivity index (χ4n) is 2.28. The number of unbranched alkanes of at least 4 members (excludes halogenated alkanes) is 12.